The van der Waals surface area contributed by atoms with Crippen LogP contribution in [0.1, 0.15) is 17.3 Å². The van der Waals surface area contributed by atoms with Crippen molar-refractivity contribution in [3.8, 4) is 0 Å². The van der Waals surface area contributed by atoms with E-state index in [1.54, 1.807) is 42.3 Å². The molecule has 0 bridgehead atoms. The van der Waals surface area contributed by atoms with Gasteiger partial charge in [-0.3, -0.25) is 4.79 Å². The fraction of sp³-hybridized carbons (Fsp3) is 0.312. The maximum atomic E-state index is 12.6. The second-order valence-electron chi connectivity index (χ2n) is 5.43. The zero-order chi connectivity index (χ0) is 16.6. The van der Waals surface area contributed by atoms with Gasteiger partial charge in [0, 0.05) is 36.5 Å². The molecule has 2 N–H and O–H groups in total. The lowest BCUT2D eigenvalue weighted by atomic mass is 10.1. The number of hydrogen-bond acceptors (Lipinski definition) is 4. The normalized spacial score (nSPS) is 13.4. The molecule has 1 aliphatic rings. The minimum Gasteiger partial charge on any atom is -0.316 e. The third-order valence-electron chi connectivity index (χ3n) is 4.01. The molecular formula is C16H20ClN3O3S. The highest BCUT2D eigenvalue weighted by Crippen LogP contribution is 2.39. The van der Waals surface area contributed by atoms with Crippen molar-refractivity contribution in [2.24, 2.45) is 0 Å². The van der Waals surface area contributed by atoms with Gasteiger partial charge in [-0.25, -0.2) is 13.1 Å². The fourth-order valence-corrected chi connectivity index (χ4v) is 4.10. The molecule has 0 atom stereocenters. The molecule has 1 aliphatic heterocycles. The molecule has 0 saturated heterocycles. The lowest BCUT2D eigenvalue weighted by molar-refractivity contribution is 0.0999. The van der Waals surface area contributed by atoms with Gasteiger partial charge >= 0.3 is 0 Å². The Morgan fingerprint density at radius 3 is 2.58 bits per heavy atom. The second kappa shape index (κ2) is 7.06. The van der Waals surface area contributed by atoms with Crippen LogP contribution in [0.25, 0.3) is 10.8 Å². The molecule has 0 spiro atoms. The van der Waals surface area contributed by atoms with Crippen LogP contribution in [0.15, 0.2) is 35.2 Å². The average Bonchev–Trinajstić information content (AvgIpc) is 2.79. The predicted molar refractivity (Wildman–Crippen MR) is 97.7 cm³/mol. The Labute approximate surface area is 147 Å². The summed E-state index contributed by atoms with van der Waals surface area (Å²) in [6.45, 7) is 3.64. The molecule has 130 valence electrons. The van der Waals surface area contributed by atoms with Crippen molar-refractivity contribution >= 4 is 44.8 Å². The molecule has 0 aliphatic carbocycles. The van der Waals surface area contributed by atoms with Crippen LogP contribution in [-0.4, -0.2) is 41.0 Å². The third kappa shape index (κ3) is 3.00. The van der Waals surface area contributed by atoms with E-state index in [1.165, 1.54) is 0 Å². The van der Waals surface area contributed by atoms with Gasteiger partial charge in [0.25, 0.3) is 5.91 Å². The van der Waals surface area contributed by atoms with Crippen molar-refractivity contribution < 1.29 is 13.2 Å². The molecule has 2 aromatic carbocycles. The molecule has 3 rings (SSSR count). The van der Waals surface area contributed by atoms with E-state index in [9.17, 15) is 13.2 Å². The van der Waals surface area contributed by atoms with Crippen molar-refractivity contribution in [1.29, 1.82) is 0 Å². The van der Waals surface area contributed by atoms with Gasteiger partial charge in [-0.05, 0) is 24.7 Å². The number of benzene rings is 2. The topological polar surface area (TPSA) is 78.5 Å². The quantitative estimate of drug-likeness (QED) is 0.760. The van der Waals surface area contributed by atoms with Gasteiger partial charge in [0.1, 0.15) is 0 Å². The number of nitrogens with one attached hydrogen (secondary N) is 2. The van der Waals surface area contributed by atoms with Gasteiger partial charge in [0.05, 0.1) is 10.6 Å². The Bertz CT molecular complexity index is 884. The summed E-state index contributed by atoms with van der Waals surface area (Å²) < 4.78 is 27.8. The number of nitrogens with zero attached hydrogens (tertiary/aromatic N) is 1. The molecule has 1 amide bonds. The summed E-state index contributed by atoms with van der Waals surface area (Å²) in [4.78, 5) is 14.0. The van der Waals surface area contributed by atoms with Crippen LogP contribution < -0.4 is 14.9 Å². The zero-order valence-corrected chi connectivity index (χ0v) is 15.1. The highest BCUT2D eigenvalue weighted by atomic mass is 35.5. The van der Waals surface area contributed by atoms with Gasteiger partial charge in [-0.1, -0.05) is 19.1 Å². The monoisotopic (exact) mass is 369 g/mol. The standard InChI is InChI=1S/C16H19N3O3S.ClH/c1-3-17-9-10-18-23(21,22)14-8-7-13-15-11(14)5-4-6-12(15)16(20)19(13)2;/h4-8,17-18H,3,9-10H2,1-2H3;1H. The molecular weight excluding hydrogens is 350 g/mol. The summed E-state index contributed by atoms with van der Waals surface area (Å²) >= 11 is 0. The first-order valence-corrected chi connectivity index (χ1v) is 9.00. The van der Waals surface area contributed by atoms with E-state index in [1.807, 2.05) is 6.92 Å². The van der Waals surface area contributed by atoms with Crippen LogP contribution in [0.4, 0.5) is 5.69 Å². The lowest BCUT2D eigenvalue weighted by Crippen LogP contribution is -2.31. The Morgan fingerprint density at radius 2 is 1.88 bits per heavy atom. The molecule has 2 aromatic rings. The van der Waals surface area contributed by atoms with E-state index in [4.69, 9.17) is 0 Å². The van der Waals surface area contributed by atoms with Gasteiger partial charge in [0.2, 0.25) is 10.0 Å². The first-order valence-electron chi connectivity index (χ1n) is 7.51. The largest absolute Gasteiger partial charge is 0.316 e. The van der Waals surface area contributed by atoms with Crippen LogP contribution >= 0.6 is 12.4 Å². The molecule has 0 aromatic heterocycles. The summed E-state index contributed by atoms with van der Waals surface area (Å²) in [7, 11) is -1.93. The number of carbonyl (C=O) groups excluding carboxylic acids is 1. The Hall–Kier alpha value is -1.67. The number of rotatable bonds is 6. The molecule has 1 heterocycles. The Kier molecular flexibility index (Phi) is 5.49. The summed E-state index contributed by atoms with van der Waals surface area (Å²) in [5.41, 5.74) is 1.29. The van der Waals surface area contributed by atoms with Crippen LogP contribution in [0, 0.1) is 0 Å². The number of likely N-dealkylation sites (N-methyl/N-ethyl adjacent to an activating group) is 1. The number of anilines is 1. The van der Waals surface area contributed by atoms with Crippen molar-refractivity contribution in [2.45, 2.75) is 11.8 Å². The predicted octanol–water partition coefficient (Wildman–Crippen LogP) is 1.74. The van der Waals surface area contributed by atoms with Crippen molar-refractivity contribution in [3.63, 3.8) is 0 Å². The number of halogens is 1. The van der Waals surface area contributed by atoms with E-state index >= 15 is 0 Å². The SMILES string of the molecule is CCNCCNS(=O)(=O)c1ccc2c3c(cccc13)C(=O)N2C.Cl. The maximum Gasteiger partial charge on any atom is 0.258 e. The molecule has 0 unspecified atom stereocenters. The van der Waals surface area contributed by atoms with Gasteiger partial charge in [-0.2, -0.15) is 0 Å². The highest BCUT2D eigenvalue weighted by Gasteiger charge is 2.29. The van der Waals surface area contributed by atoms with E-state index < -0.39 is 10.0 Å². The Balaban J connectivity index is 0.00000208. The van der Waals surface area contributed by atoms with Crippen molar-refractivity contribution in [3.05, 3.63) is 35.9 Å². The van der Waals surface area contributed by atoms with Gasteiger partial charge in [-0.15, -0.1) is 12.4 Å². The molecule has 0 fully saturated rings. The zero-order valence-electron chi connectivity index (χ0n) is 13.5. The van der Waals surface area contributed by atoms with Crippen LogP contribution in [0.5, 0.6) is 0 Å². The number of amides is 1. The first kappa shape index (κ1) is 18.7. The summed E-state index contributed by atoms with van der Waals surface area (Å²) in [6, 6.07) is 8.44. The summed E-state index contributed by atoms with van der Waals surface area (Å²) in [5, 5.41) is 4.35. The number of carbonyl (C=O) groups is 1. The van der Waals surface area contributed by atoms with Crippen LogP contribution in [-0.2, 0) is 10.0 Å². The molecule has 8 heteroatoms. The highest BCUT2D eigenvalue weighted by molar-refractivity contribution is 7.89. The third-order valence-corrected chi connectivity index (χ3v) is 5.53. The number of sulfonamides is 1. The van der Waals surface area contributed by atoms with E-state index in [-0.39, 0.29) is 23.2 Å². The van der Waals surface area contributed by atoms with Crippen LogP contribution in [0.2, 0.25) is 0 Å². The van der Waals surface area contributed by atoms with E-state index in [0.717, 1.165) is 12.2 Å². The molecule has 0 radical (unpaired) electrons. The van der Waals surface area contributed by atoms with E-state index in [2.05, 4.69) is 10.0 Å². The molecule has 6 nitrogen and oxygen atoms in total. The second-order valence-corrected chi connectivity index (χ2v) is 7.16. The molecule has 0 saturated carbocycles. The first-order chi connectivity index (χ1) is 11.0. The summed E-state index contributed by atoms with van der Waals surface area (Å²) in [6.07, 6.45) is 0. The summed E-state index contributed by atoms with van der Waals surface area (Å²) in [5.74, 6) is -0.111. The van der Waals surface area contributed by atoms with Crippen molar-refractivity contribution in [1.82, 2.24) is 10.0 Å². The Morgan fingerprint density at radius 1 is 1.12 bits per heavy atom. The minimum atomic E-state index is -3.63. The van der Waals surface area contributed by atoms with Crippen molar-refractivity contribution in [2.75, 3.05) is 31.6 Å². The fourth-order valence-electron chi connectivity index (χ4n) is 2.87. The number of hydrogen-bond donors (Lipinski definition) is 2. The maximum absolute atomic E-state index is 12.6. The average molecular weight is 370 g/mol. The smallest absolute Gasteiger partial charge is 0.258 e. The minimum absolute atomic E-state index is 0. The molecule has 24 heavy (non-hydrogen) atoms. The van der Waals surface area contributed by atoms with E-state index in [0.29, 0.717) is 29.4 Å². The van der Waals surface area contributed by atoms with Gasteiger partial charge < -0.3 is 10.2 Å². The van der Waals surface area contributed by atoms with Gasteiger partial charge in [0.15, 0.2) is 0 Å². The van der Waals surface area contributed by atoms with Crippen LogP contribution in [0.3, 0.4) is 0 Å². The lowest BCUT2D eigenvalue weighted by Gasteiger charge is -2.13.